The number of fused-ring (bicyclic) bond motifs is 1. The summed E-state index contributed by atoms with van der Waals surface area (Å²) >= 11 is 0. The van der Waals surface area contributed by atoms with Crippen LogP contribution in [0.3, 0.4) is 0 Å². The van der Waals surface area contributed by atoms with Gasteiger partial charge in [0.2, 0.25) is 5.91 Å². The van der Waals surface area contributed by atoms with E-state index in [1.807, 2.05) is 67.6 Å². The van der Waals surface area contributed by atoms with Gasteiger partial charge in [-0.05, 0) is 41.8 Å². The van der Waals surface area contributed by atoms with Crippen molar-refractivity contribution in [1.82, 2.24) is 15.5 Å². The molecule has 4 rings (SSSR count). The molecule has 170 valence electrons. The van der Waals surface area contributed by atoms with Gasteiger partial charge in [-0.3, -0.25) is 14.5 Å². The maximum absolute atomic E-state index is 13.1. The van der Waals surface area contributed by atoms with Crippen LogP contribution in [0.25, 0.3) is 10.8 Å². The van der Waals surface area contributed by atoms with Gasteiger partial charge in [-0.25, -0.2) is 4.79 Å². The molecule has 1 aliphatic rings. The van der Waals surface area contributed by atoms with Gasteiger partial charge in [0, 0.05) is 6.42 Å². The average Bonchev–Trinajstić information content (AvgIpc) is 3.01. The Morgan fingerprint density at radius 1 is 1.06 bits per heavy atom. The van der Waals surface area contributed by atoms with Gasteiger partial charge in [0.1, 0.15) is 17.8 Å². The smallest absolute Gasteiger partial charge is 0.325 e. The van der Waals surface area contributed by atoms with Crippen molar-refractivity contribution in [3.63, 3.8) is 0 Å². The minimum absolute atomic E-state index is 0.256. The summed E-state index contributed by atoms with van der Waals surface area (Å²) in [7, 11) is 1.56. The van der Waals surface area contributed by atoms with Crippen LogP contribution in [0.5, 0.6) is 5.75 Å². The summed E-state index contributed by atoms with van der Waals surface area (Å²) in [5, 5.41) is 7.79. The highest BCUT2D eigenvalue weighted by molar-refractivity contribution is 6.09. The van der Waals surface area contributed by atoms with Crippen LogP contribution in [0.1, 0.15) is 31.0 Å². The van der Waals surface area contributed by atoms with Gasteiger partial charge in [0.25, 0.3) is 5.91 Å². The molecule has 3 aromatic carbocycles. The van der Waals surface area contributed by atoms with Crippen LogP contribution in [0.15, 0.2) is 66.7 Å². The van der Waals surface area contributed by atoms with Crippen LogP contribution < -0.4 is 15.4 Å². The van der Waals surface area contributed by atoms with E-state index in [1.165, 1.54) is 0 Å². The SMILES string of the molecule is COc1ccccc1C[C@@]1(C)NC(=O)N(CC(=O)N[C@@H](C)c2cccc3ccccc23)C1=O. The van der Waals surface area contributed by atoms with Crippen LogP contribution in [-0.2, 0) is 16.0 Å². The average molecular weight is 446 g/mol. The predicted octanol–water partition coefficient (Wildman–Crippen LogP) is 3.58. The third kappa shape index (κ3) is 4.39. The number of benzene rings is 3. The minimum Gasteiger partial charge on any atom is -0.496 e. The number of methoxy groups -OCH3 is 1. The van der Waals surface area contributed by atoms with E-state index in [0.717, 1.165) is 26.8 Å². The summed E-state index contributed by atoms with van der Waals surface area (Å²) in [6, 6.07) is 20.4. The fraction of sp³-hybridized carbons (Fsp3) is 0.269. The molecule has 2 atom stereocenters. The van der Waals surface area contributed by atoms with E-state index >= 15 is 0 Å². The van der Waals surface area contributed by atoms with Gasteiger partial charge < -0.3 is 15.4 Å². The molecule has 3 aromatic rings. The topological polar surface area (TPSA) is 87.7 Å². The number of carbonyl (C=O) groups excluding carboxylic acids is 3. The lowest BCUT2D eigenvalue weighted by Crippen LogP contribution is -2.47. The second-order valence-electron chi connectivity index (χ2n) is 8.50. The molecule has 0 radical (unpaired) electrons. The van der Waals surface area contributed by atoms with E-state index in [-0.39, 0.29) is 19.0 Å². The predicted molar refractivity (Wildman–Crippen MR) is 126 cm³/mol. The van der Waals surface area contributed by atoms with Crippen molar-refractivity contribution >= 4 is 28.6 Å². The van der Waals surface area contributed by atoms with E-state index in [2.05, 4.69) is 10.6 Å². The van der Waals surface area contributed by atoms with Crippen LogP contribution in [0.2, 0.25) is 0 Å². The van der Waals surface area contributed by atoms with Crippen LogP contribution >= 0.6 is 0 Å². The lowest BCUT2D eigenvalue weighted by atomic mass is 9.92. The Morgan fingerprint density at radius 3 is 2.55 bits per heavy atom. The van der Waals surface area contributed by atoms with Gasteiger partial charge in [0.15, 0.2) is 0 Å². The molecule has 4 amide bonds. The molecule has 0 spiro atoms. The molecule has 33 heavy (non-hydrogen) atoms. The summed E-state index contributed by atoms with van der Waals surface area (Å²) < 4.78 is 5.37. The first-order valence-electron chi connectivity index (χ1n) is 10.9. The quantitative estimate of drug-likeness (QED) is 0.544. The van der Waals surface area contributed by atoms with Crippen molar-refractivity contribution in [3.8, 4) is 5.75 Å². The maximum atomic E-state index is 13.1. The zero-order valence-corrected chi connectivity index (χ0v) is 18.9. The fourth-order valence-electron chi connectivity index (χ4n) is 4.38. The Balaban J connectivity index is 1.46. The van der Waals surface area contributed by atoms with Crippen molar-refractivity contribution in [3.05, 3.63) is 77.9 Å². The number of urea groups is 1. The molecule has 1 heterocycles. The van der Waals surface area contributed by atoms with Gasteiger partial charge in [-0.15, -0.1) is 0 Å². The Kier molecular flexibility index (Phi) is 6.05. The number of nitrogens with zero attached hydrogens (tertiary/aromatic N) is 1. The Bertz CT molecular complexity index is 1220. The summed E-state index contributed by atoms with van der Waals surface area (Å²) in [6.45, 7) is 3.20. The second-order valence-corrected chi connectivity index (χ2v) is 8.50. The minimum atomic E-state index is -1.16. The summed E-state index contributed by atoms with van der Waals surface area (Å²) in [5.74, 6) is -0.201. The number of rotatable bonds is 7. The number of para-hydroxylation sites is 1. The van der Waals surface area contributed by atoms with Gasteiger partial charge >= 0.3 is 6.03 Å². The van der Waals surface area contributed by atoms with Crippen molar-refractivity contribution in [1.29, 1.82) is 0 Å². The van der Waals surface area contributed by atoms with Crippen LogP contribution in [0, 0.1) is 0 Å². The van der Waals surface area contributed by atoms with Crippen molar-refractivity contribution in [2.45, 2.75) is 31.8 Å². The Labute approximate surface area is 192 Å². The molecule has 0 bridgehead atoms. The van der Waals surface area contributed by atoms with Crippen LogP contribution in [-0.4, -0.2) is 41.9 Å². The Hall–Kier alpha value is -3.87. The molecule has 7 heteroatoms. The first-order chi connectivity index (χ1) is 15.8. The lowest BCUT2D eigenvalue weighted by Gasteiger charge is -2.23. The number of carbonyl (C=O) groups is 3. The molecular weight excluding hydrogens is 418 g/mol. The summed E-state index contributed by atoms with van der Waals surface area (Å²) in [6.07, 6.45) is 0.256. The Morgan fingerprint density at radius 2 is 1.76 bits per heavy atom. The number of imide groups is 1. The van der Waals surface area contributed by atoms with E-state index in [1.54, 1.807) is 20.1 Å². The van der Waals surface area contributed by atoms with Crippen molar-refractivity contribution < 1.29 is 19.1 Å². The molecule has 1 fully saturated rings. The van der Waals surface area contributed by atoms with Gasteiger partial charge in [-0.1, -0.05) is 60.7 Å². The van der Waals surface area contributed by atoms with E-state index in [9.17, 15) is 14.4 Å². The molecule has 0 aliphatic carbocycles. The molecule has 1 saturated heterocycles. The second kappa shape index (κ2) is 8.94. The fourth-order valence-corrected chi connectivity index (χ4v) is 4.38. The highest BCUT2D eigenvalue weighted by atomic mass is 16.5. The highest BCUT2D eigenvalue weighted by Gasteiger charge is 2.48. The normalized spacial score (nSPS) is 18.8. The lowest BCUT2D eigenvalue weighted by molar-refractivity contribution is -0.134. The molecule has 0 saturated carbocycles. The molecule has 1 aliphatic heterocycles. The van der Waals surface area contributed by atoms with Crippen molar-refractivity contribution in [2.75, 3.05) is 13.7 Å². The third-order valence-electron chi connectivity index (χ3n) is 6.05. The van der Waals surface area contributed by atoms with E-state index in [4.69, 9.17) is 4.74 Å². The largest absolute Gasteiger partial charge is 0.496 e. The third-order valence-corrected chi connectivity index (χ3v) is 6.05. The molecular formula is C26H27N3O4. The monoisotopic (exact) mass is 445 g/mol. The maximum Gasteiger partial charge on any atom is 0.325 e. The number of amides is 4. The first kappa shape index (κ1) is 22.3. The zero-order chi connectivity index (χ0) is 23.6. The number of ether oxygens (including phenoxy) is 1. The standard InChI is InChI=1S/C26H27N3O4/c1-17(20-13-8-11-18-9-4-6-12-21(18)20)27-23(30)16-29-24(31)26(2,28-25(29)32)15-19-10-5-7-14-22(19)33-3/h4-14,17H,15-16H2,1-3H3,(H,27,30)(H,28,32)/t17-,26+/m0/s1. The zero-order valence-electron chi connectivity index (χ0n) is 18.9. The molecule has 0 unspecified atom stereocenters. The van der Waals surface area contributed by atoms with Crippen LogP contribution in [0.4, 0.5) is 4.79 Å². The summed E-state index contributed by atoms with van der Waals surface area (Å²) in [4.78, 5) is 39.5. The summed E-state index contributed by atoms with van der Waals surface area (Å²) in [5.41, 5.74) is 0.611. The molecule has 7 nitrogen and oxygen atoms in total. The number of hydrogen-bond donors (Lipinski definition) is 2. The number of nitrogens with one attached hydrogen (secondary N) is 2. The van der Waals surface area contributed by atoms with Gasteiger partial charge in [0.05, 0.1) is 13.2 Å². The molecule has 0 aromatic heterocycles. The molecule has 2 N–H and O–H groups in total. The van der Waals surface area contributed by atoms with E-state index in [0.29, 0.717) is 5.75 Å². The van der Waals surface area contributed by atoms with Crippen molar-refractivity contribution in [2.24, 2.45) is 0 Å². The van der Waals surface area contributed by atoms with Gasteiger partial charge in [-0.2, -0.15) is 0 Å². The van der Waals surface area contributed by atoms with E-state index < -0.39 is 23.4 Å². The number of hydrogen-bond acceptors (Lipinski definition) is 4. The highest BCUT2D eigenvalue weighted by Crippen LogP contribution is 2.28. The first-order valence-corrected chi connectivity index (χ1v) is 10.9.